The summed E-state index contributed by atoms with van der Waals surface area (Å²) < 4.78 is 10.9. The summed E-state index contributed by atoms with van der Waals surface area (Å²) in [6.45, 7) is 10.1. The molecule has 0 aromatic heterocycles. The van der Waals surface area contributed by atoms with Crippen LogP contribution in [0.4, 0.5) is 0 Å². The van der Waals surface area contributed by atoms with Gasteiger partial charge in [0.1, 0.15) is 6.10 Å². The first-order valence-electron chi connectivity index (χ1n) is 7.22. The molecular weight excluding hydrogens is 246 g/mol. The van der Waals surface area contributed by atoms with E-state index in [-0.39, 0.29) is 12.0 Å². The van der Waals surface area contributed by atoms with Gasteiger partial charge in [0.15, 0.2) is 0 Å². The molecule has 0 bridgehead atoms. The zero-order chi connectivity index (χ0) is 13.5. The van der Waals surface area contributed by atoms with Crippen molar-refractivity contribution < 1.29 is 14.3 Å². The minimum absolute atomic E-state index is 0.136. The van der Waals surface area contributed by atoms with Gasteiger partial charge in [-0.1, -0.05) is 0 Å². The number of amides is 1. The van der Waals surface area contributed by atoms with Gasteiger partial charge in [0, 0.05) is 52.4 Å². The maximum absolute atomic E-state index is 12.2. The van der Waals surface area contributed by atoms with Crippen LogP contribution in [-0.2, 0) is 14.3 Å². The topological polar surface area (TPSA) is 54.0 Å². The number of carbonyl (C=O) groups excluding carboxylic acids is 1. The Hall–Kier alpha value is -0.690. The Morgan fingerprint density at radius 1 is 1.37 bits per heavy atom. The van der Waals surface area contributed by atoms with Gasteiger partial charge in [-0.3, -0.25) is 9.69 Å². The SMILES string of the molecule is CCOCCN1CCN(C(=O)C2CNCCO2)CC1. The number of carbonyl (C=O) groups is 1. The predicted molar refractivity (Wildman–Crippen MR) is 72.1 cm³/mol. The first kappa shape index (κ1) is 14.7. The van der Waals surface area contributed by atoms with Crippen LogP contribution in [0.25, 0.3) is 0 Å². The maximum atomic E-state index is 12.2. The van der Waals surface area contributed by atoms with Gasteiger partial charge in [0.2, 0.25) is 0 Å². The highest BCUT2D eigenvalue weighted by molar-refractivity contribution is 5.81. The summed E-state index contributed by atoms with van der Waals surface area (Å²) in [6.07, 6.45) is -0.288. The second kappa shape index (κ2) is 7.79. The van der Waals surface area contributed by atoms with Crippen LogP contribution in [0.5, 0.6) is 0 Å². The summed E-state index contributed by atoms with van der Waals surface area (Å²) >= 11 is 0. The van der Waals surface area contributed by atoms with E-state index in [1.54, 1.807) is 0 Å². The molecule has 0 aliphatic carbocycles. The van der Waals surface area contributed by atoms with E-state index in [9.17, 15) is 4.79 Å². The van der Waals surface area contributed by atoms with E-state index in [0.717, 1.165) is 52.5 Å². The van der Waals surface area contributed by atoms with Crippen molar-refractivity contribution in [3.8, 4) is 0 Å². The molecule has 0 aromatic rings. The lowest BCUT2D eigenvalue weighted by Gasteiger charge is -2.37. The third kappa shape index (κ3) is 4.42. The molecule has 2 aliphatic rings. The van der Waals surface area contributed by atoms with Crippen molar-refractivity contribution >= 4 is 5.91 Å². The standard InChI is InChI=1S/C13H25N3O3/c1-2-18-10-8-15-4-6-16(7-5-15)13(17)12-11-14-3-9-19-12/h12,14H,2-11H2,1H3. The molecule has 1 atom stereocenters. The molecule has 110 valence electrons. The van der Waals surface area contributed by atoms with Crippen molar-refractivity contribution in [2.75, 3.05) is 65.6 Å². The molecule has 2 aliphatic heterocycles. The summed E-state index contributed by atoms with van der Waals surface area (Å²) in [4.78, 5) is 16.5. The molecule has 0 radical (unpaired) electrons. The molecule has 1 unspecified atom stereocenters. The fourth-order valence-electron chi connectivity index (χ4n) is 2.46. The molecule has 0 spiro atoms. The van der Waals surface area contributed by atoms with Crippen molar-refractivity contribution in [1.82, 2.24) is 15.1 Å². The molecule has 0 saturated carbocycles. The summed E-state index contributed by atoms with van der Waals surface area (Å²) in [6, 6.07) is 0. The van der Waals surface area contributed by atoms with Gasteiger partial charge in [0.25, 0.3) is 5.91 Å². The number of morpholine rings is 1. The average Bonchev–Trinajstić information content (AvgIpc) is 2.48. The normalized spacial score (nSPS) is 25.5. The lowest BCUT2D eigenvalue weighted by Crippen LogP contribution is -2.55. The number of hydrogen-bond acceptors (Lipinski definition) is 5. The van der Waals surface area contributed by atoms with Crippen molar-refractivity contribution in [3.63, 3.8) is 0 Å². The van der Waals surface area contributed by atoms with Gasteiger partial charge < -0.3 is 19.7 Å². The highest BCUT2D eigenvalue weighted by atomic mass is 16.5. The summed E-state index contributed by atoms with van der Waals surface area (Å²) in [5.74, 6) is 0.136. The summed E-state index contributed by atoms with van der Waals surface area (Å²) in [5.41, 5.74) is 0. The van der Waals surface area contributed by atoms with Crippen LogP contribution in [0.1, 0.15) is 6.92 Å². The molecule has 19 heavy (non-hydrogen) atoms. The molecule has 2 fully saturated rings. The van der Waals surface area contributed by atoms with E-state index in [2.05, 4.69) is 10.2 Å². The highest BCUT2D eigenvalue weighted by Gasteiger charge is 2.28. The molecule has 6 nitrogen and oxygen atoms in total. The second-order valence-corrected chi connectivity index (χ2v) is 4.93. The Kier molecular flexibility index (Phi) is 6.03. The van der Waals surface area contributed by atoms with Gasteiger partial charge >= 0.3 is 0 Å². The summed E-state index contributed by atoms with van der Waals surface area (Å²) in [5, 5.41) is 3.20. The molecule has 1 amide bonds. The first-order chi connectivity index (χ1) is 9.31. The Labute approximate surface area is 115 Å². The summed E-state index contributed by atoms with van der Waals surface area (Å²) in [7, 11) is 0. The number of rotatable bonds is 5. The van der Waals surface area contributed by atoms with Gasteiger partial charge in [-0.2, -0.15) is 0 Å². The van der Waals surface area contributed by atoms with Gasteiger partial charge in [-0.25, -0.2) is 0 Å². The van der Waals surface area contributed by atoms with Crippen molar-refractivity contribution in [2.45, 2.75) is 13.0 Å². The molecule has 2 heterocycles. The number of nitrogens with one attached hydrogen (secondary N) is 1. The number of hydrogen-bond donors (Lipinski definition) is 1. The predicted octanol–water partition coefficient (Wildman–Crippen LogP) is -0.844. The van der Waals surface area contributed by atoms with E-state index < -0.39 is 0 Å². The van der Waals surface area contributed by atoms with E-state index in [1.807, 2.05) is 11.8 Å². The average molecular weight is 271 g/mol. The fourth-order valence-corrected chi connectivity index (χ4v) is 2.46. The molecular formula is C13H25N3O3. The van der Waals surface area contributed by atoms with Gasteiger partial charge in [-0.15, -0.1) is 0 Å². The van der Waals surface area contributed by atoms with Gasteiger partial charge in [-0.05, 0) is 6.92 Å². The third-order valence-electron chi connectivity index (χ3n) is 3.64. The van der Waals surface area contributed by atoms with E-state index >= 15 is 0 Å². The Balaban J connectivity index is 1.68. The van der Waals surface area contributed by atoms with Gasteiger partial charge in [0.05, 0.1) is 13.2 Å². The van der Waals surface area contributed by atoms with E-state index in [0.29, 0.717) is 13.2 Å². The van der Waals surface area contributed by atoms with Crippen LogP contribution in [0.3, 0.4) is 0 Å². The quantitative estimate of drug-likeness (QED) is 0.661. The van der Waals surface area contributed by atoms with Crippen LogP contribution in [0.15, 0.2) is 0 Å². The number of piperazine rings is 1. The Morgan fingerprint density at radius 3 is 2.79 bits per heavy atom. The second-order valence-electron chi connectivity index (χ2n) is 4.93. The largest absolute Gasteiger partial charge is 0.380 e. The highest BCUT2D eigenvalue weighted by Crippen LogP contribution is 2.07. The van der Waals surface area contributed by atoms with Crippen LogP contribution < -0.4 is 5.32 Å². The lowest BCUT2D eigenvalue weighted by atomic mass is 10.2. The van der Waals surface area contributed by atoms with E-state index in [1.165, 1.54) is 0 Å². The third-order valence-corrected chi connectivity index (χ3v) is 3.64. The molecule has 1 N–H and O–H groups in total. The van der Waals surface area contributed by atoms with Crippen molar-refractivity contribution in [3.05, 3.63) is 0 Å². The Bertz CT molecular complexity index is 274. The first-order valence-corrected chi connectivity index (χ1v) is 7.22. The van der Waals surface area contributed by atoms with E-state index in [4.69, 9.17) is 9.47 Å². The zero-order valence-electron chi connectivity index (χ0n) is 11.8. The molecule has 2 rings (SSSR count). The fraction of sp³-hybridized carbons (Fsp3) is 0.923. The molecule has 2 saturated heterocycles. The Morgan fingerprint density at radius 2 is 2.16 bits per heavy atom. The van der Waals surface area contributed by atoms with Crippen molar-refractivity contribution in [2.24, 2.45) is 0 Å². The van der Waals surface area contributed by atoms with Crippen LogP contribution in [0.2, 0.25) is 0 Å². The lowest BCUT2D eigenvalue weighted by molar-refractivity contribution is -0.147. The number of nitrogens with zero attached hydrogens (tertiary/aromatic N) is 2. The smallest absolute Gasteiger partial charge is 0.253 e. The van der Waals surface area contributed by atoms with Crippen LogP contribution in [-0.4, -0.2) is 87.4 Å². The van der Waals surface area contributed by atoms with Crippen LogP contribution >= 0.6 is 0 Å². The minimum Gasteiger partial charge on any atom is -0.380 e. The van der Waals surface area contributed by atoms with Crippen molar-refractivity contribution in [1.29, 1.82) is 0 Å². The zero-order valence-corrected chi connectivity index (χ0v) is 11.8. The molecule has 0 aromatic carbocycles. The maximum Gasteiger partial charge on any atom is 0.253 e. The minimum atomic E-state index is -0.288. The number of ether oxygens (including phenoxy) is 2. The monoisotopic (exact) mass is 271 g/mol. The van der Waals surface area contributed by atoms with Crippen LogP contribution in [0, 0.1) is 0 Å². The molecule has 6 heteroatoms.